The summed E-state index contributed by atoms with van der Waals surface area (Å²) >= 11 is 0. The van der Waals surface area contributed by atoms with Crippen LogP contribution in [0.25, 0.3) is 0 Å². The molecule has 9 heteroatoms. The van der Waals surface area contributed by atoms with Gasteiger partial charge in [0, 0.05) is 42.8 Å². The van der Waals surface area contributed by atoms with Crippen LogP contribution in [0.15, 0.2) is 60.9 Å². The monoisotopic (exact) mass is 424 g/mol. The van der Waals surface area contributed by atoms with Crippen molar-refractivity contribution in [2.75, 3.05) is 21.9 Å². The number of hydrogen-bond donors (Lipinski definition) is 1. The third-order valence-corrected chi connectivity index (χ3v) is 6.82. The molecule has 8 nitrogen and oxygen atoms in total. The van der Waals surface area contributed by atoms with Crippen molar-refractivity contribution < 1.29 is 18.0 Å². The number of aryl methyl sites for hydroxylation is 1. The van der Waals surface area contributed by atoms with Crippen LogP contribution >= 0.6 is 0 Å². The molecule has 0 spiro atoms. The second-order valence-corrected chi connectivity index (χ2v) is 9.02. The molecule has 1 saturated heterocycles. The lowest BCUT2D eigenvalue weighted by Crippen LogP contribution is -2.25. The summed E-state index contributed by atoms with van der Waals surface area (Å²) in [5, 5.41) is 2.77. The molecular weight excluding hydrogens is 404 g/mol. The number of amides is 1. The molecule has 0 bridgehead atoms. The van der Waals surface area contributed by atoms with Gasteiger partial charge in [-0.15, -0.1) is 0 Å². The molecular formula is C21H20N4O4S. The zero-order chi connectivity index (χ0) is 21.3. The van der Waals surface area contributed by atoms with E-state index >= 15 is 0 Å². The average molecular weight is 424 g/mol. The van der Waals surface area contributed by atoms with Gasteiger partial charge < -0.3 is 9.88 Å². The van der Waals surface area contributed by atoms with Crippen molar-refractivity contribution in [2.45, 2.75) is 6.42 Å². The van der Waals surface area contributed by atoms with Crippen LogP contribution in [0.2, 0.25) is 0 Å². The van der Waals surface area contributed by atoms with Gasteiger partial charge in [-0.25, -0.2) is 13.4 Å². The van der Waals surface area contributed by atoms with E-state index in [9.17, 15) is 18.0 Å². The Morgan fingerprint density at radius 2 is 1.67 bits per heavy atom. The fourth-order valence-electron chi connectivity index (χ4n) is 3.33. The number of rotatable bonds is 5. The van der Waals surface area contributed by atoms with Crippen LogP contribution in [-0.2, 0) is 17.1 Å². The summed E-state index contributed by atoms with van der Waals surface area (Å²) in [6.07, 6.45) is 3.86. The Morgan fingerprint density at radius 1 is 1.00 bits per heavy atom. The van der Waals surface area contributed by atoms with Crippen LogP contribution in [0.5, 0.6) is 0 Å². The number of anilines is 2. The van der Waals surface area contributed by atoms with E-state index in [2.05, 4.69) is 10.3 Å². The van der Waals surface area contributed by atoms with Gasteiger partial charge in [-0.1, -0.05) is 0 Å². The Bertz CT molecular complexity index is 1200. The van der Waals surface area contributed by atoms with Crippen molar-refractivity contribution in [1.29, 1.82) is 0 Å². The van der Waals surface area contributed by atoms with E-state index in [0.29, 0.717) is 41.3 Å². The molecule has 1 N–H and O–H groups in total. The third-order valence-electron chi connectivity index (χ3n) is 4.95. The molecule has 1 aromatic heterocycles. The highest BCUT2D eigenvalue weighted by Crippen LogP contribution is 2.24. The summed E-state index contributed by atoms with van der Waals surface area (Å²) in [4.78, 5) is 29.0. The molecule has 1 aliphatic heterocycles. The Balaban J connectivity index is 1.44. The van der Waals surface area contributed by atoms with Gasteiger partial charge in [0.2, 0.25) is 15.8 Å². The van der Waals surface area contributed by atoms with Crippen LogP contribution in [0, 0.1) is 0 Å². The number of sulfonamides is 1. The normalized spacial score (nSPS) is 15.2. The fourth-order valence-corrected chi connectivity index (χ4v) is 4.89. The lowest BCUT2D eigenvalue weighted by molar-refractivity contribution is 0.102. The van der Waals surface area contributed by atoms with Gasteiger partial charge in [-0.2, -0.15) is 0 Å². The van der Waals surface area contributed by atoms with Crippen LogP contribution in [0.3, 0.4) is 0 Å². The quantitative estimate of drug-likeness (QED) is 0.634. The highest BCUT2D eigenvalue weighted by Gasteiger charge is 2.28. The number of hydrogen-bond acceptors (Lipinski definition) is 5. The Hall–Kier alpha value is -3.46. The minimum atomic E-state index is -3.25. The number of imidazole rings is 1. The molecule has 2 heterocycles. The summed E-state index contributed by atoms with van der Waals surface area (Å²) in [6.45, 7) is 0.456. The number of nitrogens with one attached hydrogen (secondary N) is 1. The summed E-state index contributed by atoms with van der Waals surface area (Å²) in [7, 11) is -1.50. The number of aromatic nitrogens is 2. The molecule has 1 aliphatic rings. The summed E-state index contributed by atoms with van der Waals surface area (Å²) in [5.74, 6) is -0.0397. The highest BCUT2D eigenvalue weighted by atomic mass is 32.2. The van der Waals surface area contributed by atoms with Gasteiger partial charge in [0.15, 0.2) is 5.82 Å². The van der Waals surface area contributed by atoms with E-state index in [0.717, 1.165) is 0 Å². The van der Waals surface area contributed by atoms with E-state index in [1.54, 1.807) is 72.5 Å². The zero-order valence-electron chi connectivity index (χ0n) is 16.3. The predicted octanol–water partition coefficient (Wildman–Crippen LogP) is 2.44. The largest absolute Gasteiger partial charge is 0.331 e. The molecule has 30 heavy (non-hydrogen) atoms. The first-order valence-electron chi connectivity index (χ1n) is 9.39. The molecule has 2 aromatic carbocycles. The van der Waals surface area contributed by atoms with Crippen LogP contribution in [-0.4, -0.2) is 42.0 Å². The molecule has 0 radical (unpaired) electrons. The first-order chi connectivity index (χ1) is 14.3. The molecule has 1 fully saturated rings. The smallest absolute Gasteiger partial charge is 0.255 e. The molecule has 3 aromatic rings. The number of carbonyl (C=O) groups is 2. The van der Waals surface area contributed by atoms with E-state index in [1.807, 2.05) is 0 Å². The average Bonchev–Trinajstić information content (AvgIpc) is 3.32. The van der Waals surface area contributed by atoms with Gasteiger partial charge in [-0.3, -0.25) is 13.9 Å². The molecule has 1 amide bonds. The van der Waals surface area contributed by atoms with Crippen molar-refractivity contribution in [3.63, 3.8) is 0 Å². The highest BCUT2D eigenvalue weighted by molar-refractivity contribution is 7.93. The second kappa shape index (κ2) is 7.75. The lowest BCUT2D eigenvalue weighted by atomic mass is 10.1. The molecule has 0 aliphatic carbocycles. The van der Waals surface area contributed by atoms with Gasteiger partial charge in [0.05, 0.1) is 11.4 Å². The molecule has 0 unspecified atom stereocenters. The predicted molar refractivity (Wildman–Crippen MR) is 113 cm³/mol. The maximum Gasteiger partial charge on any atom is 0.255 e. The maximum absolute atomic E-state index is 12.5. The van der Waals surface area contributed by atoms with Gasteiger partial charge in [-0.05, 0) is 55.0 Å². The van der Waals surface area contributed by atoms with E-state index in [-0.39, 0.29) is 17.4 Å². The minimum absolute atomic E-state index is 0.147. The first kappa shape index (κ1) is 19.8. The topological polar surface area (TPSA) is 101 Å². The lowest BCUT2D eigenvalue weighted by Gasteiger charge is -2.17. The molecule has 0 saturated carbocycles. The van der Waals surface area contributed by atoms with E-state index < -0.39 is 10.0 Å². The molecule has 4 rings (SSSR count). The van der Waals surface area contributed by atoms with Crippen molar-refractivity contribution in [3.05, 3.63) is 77.9 Å². The van der Waals surface area contributed by atoms with Gasteiger partial charge in [0.1, 0.15) is 0 Å². The van der Waals surface area contributed by atoms with Crippen molar-refractivity contribution >= 4 is 33.1 Å². The standard InChI is InChI=1S/C21H20N4O4S/c1-24-13-11-22-20(24)19(26)15-3-7-17(8-4-15)23-21(27)16-5-9-18(10-6-16)25-12-2-14-30(25,28)29/h3-11,13H,2,12,14H2,1H3,(H,23,27). The van der Waals surface area contributed by atoms with E-state index in [1.165, 1.54) is 4.31 Å². The fraction of sp³-hybridized carbons (Fsp3) is 0.190. The van der Waals surface area contributed by atoms with Crippen LogP contribution < -0.4 is 9.62 Å². The number of nitrogens with zero attached hydrogens (tertiary/aromatic N) is 3. The van der Waals surface area contributed by atoms with E-state index in [4.69, 9.17) is 0 Å². The SMILES string of the molecule is Cn1ccnc1C(=O)c1ccc(NC(=O)c2ccc(N3CCCS3(=O)=O)cc2)cc1. The Kier molecular flexibility index (Phi) is 5.13. The van der Waals surface area contributed by atoms with Crippen molar-refractivity contribution in [3.8, 4) is 0 Å². The molecule has 0 atom stereocenters. The van der Waals surface area contributed by atoms with Crippen molar-refractivity contribution in [1.82, 2.24) is 9.55 Å². The number of ketones is 1. The number of carbonyl (C=O) groups excluding carboxylic acids is 2. The van der Waals surface area contributed by atoms with Gasteiger partial charge in [0.25, 0.3) is 5.91 Å². The Labute approximate surface area is 174 Å². The third kappa shape index (κ3) is 3.84. The van der Waals surface area contributed by atoms with Crippen LogP contribution in [0.4, 0.5) is 11.4 Å². The van der Waals surface area contributed by atoms with Crippen LogP contribution in [0.1, 0.15) is 33.0 Å². The summed E-state index contributed by atoms with van der Waals surface area (Å²) < 4.78 is 27.0. The minimum Gasteiger partial charge on any atom is -0.331 e. The van der Waals surface area contributed by atoms with Crippen molar-refractivity contribution in [2.24, 2.45) is 7.05 Å². The Morgan fingerprint density at radius 3 is 2.23 bits per heavy atom. The first-order valence-corrected chi connectivity index (χ1v) is 11.0. The zero-order valence-corrected chi connectivity index (χ0v) is 17.1. The summed E-state index contributed by atoms with van der Waals surface area (Å²) in [6, 6.07) is 13.0. The number of benzene rings is 2. The second-order valence-electron chi connectivity index (χ2n) is 7.01. The summed E-state index contributed by atoms with van der Waals surface area (Å²) in [5.41, 5.74) is 1.98. The maximum atomic E-state index is 12.5. The van der Waals surface area contributed by atoms with Gasteiger partial charge >= 0.3 is 0 Å². The molecule has 154 valence electrons.